The largest absolute Gasteiger partial charge is 3.00 e. The number of benzene rings is 4. The van der Waals surface area contributed by atoms with Gasteiger partial charge in [0.25, 0.3) is 0 Å². The third kappa shape index (κ3) is 8.08. The van der Waals surface area contributed by atoms with Gasteiger partial charge in [-0.05, 0) is 43.0 Å². The van der Waals surface area contributed by atoms with E-state index in [1.165, 1.54) is 5.56 Å². The number of hydrogen-bond donors (Lipinski definition) is 1. The second-order valence-corrected chi connectivity index (χ2v) is 10.6. The van der Waals surface area contributed by atoms with E-state index < -0.39 is 0 Å². The number of phenolic OH excluding ortho intramolecular Hbond substituents is 1. The molecule has 0 bridgehead atoms. The molecule has 4 nitrogen and oxygen atoms in total. The van der Waals surface area contributed by atoms with E-state index in [4.69, 9.17) is 10.1 Å². The van der Waals surface area contributed by atoms with Crippen LogP contribution < -0.4 is 4.90 Å². The van der Waals surface area contributed by atoms with Crippen LogP contribution in [-0.4, -0.2) is 25.4 Å². The molecule has 1 radical (unpaired) electrons. The van der Waals surface area contributed by atoms with Crippen molar-refractivity contribution in [2.75, 3.05) is 25.2 Å². The Morgan fingerprint density at radius 1 is 0.775 bits per heavy atom. The number of rotatable bonds is 8. The van der Waals surface area contributed by atoms with E-state index in [1.54, 1.807) is 7.11 Å². The molecule has 40 heavy (non-hydrogen) atoms. The minimum atomic E-state index is -0.185. The van der Waals surface area contributed by atoms with Crippen molar-refractivity contribution >= 4 is 22.7 Å². The van der Waals surface area contributed by atoms with Crippen molar-refractivity contribution in [1.29, 1.82) is 0 Å². The van der Waals surface area contributed by atoms with E-state index in [9.17, 15) is 5.11 Å². The summed E-state index contributed by atoms with van der Waals surface area (Å²) in [5, 5.41) is 16.5. The summed E-state index contributed by atoms with van der Waals surface area (Å²) in [6, 6.07) is 28.8. The normalized spacial score (nSPS) is 10.6. The number of anilines is 2. The van der Waals surface area contributed by atoms with E-state index in [2.05, 4.69) is 82.0 Å². The monoisotopic (exact) mass is 613 g/mol. The molecule has 0 amide bonds. The Kier molecular flexibility index (Phi) is 13.4. The maximum atomic E-state index is 11.5. The maximum Gasteiger partial charge on any atom is 3.00 e. The molecule has 0 aromatic heterocycles. The van der Waals surface area contributed by atoms with Gasteiger partial charge in [0, 0.05) is 41.7 Å². The van der Waals surface area contributed by atoms with Crippen LogP contribution in [0.25, 0.3) is 16.4 Å². The average Bonchev–Trinajstić information content (AvgIpc) is 2.87. The van der Waals surface area contributed by atoms with Crippen LogP contribution in [0.1, 0.15) is 37.5 Å². The van der Waals surface area contributed by atoms with Crippen LogP contribution in [0.15, 0.2) is 84.9 Å². The van der Waals surface area contributed by atoms with E-state index in [0.29, 0.717) is 18.9 Å². The van der Waals surface area contributed by atoms with E-state index >= 15 is 0 Å². The molecule has 1 N–H and O–H groups in total. The van der Waals surface area contributed by atoms with Crippen LogP contribution in [0.2, 0.25) is 0 Å². The summed E-state index contributed by atoms with van der Waals surface area (Å²) >= 11 is 0. The van der Waals surface area contributed by atoms with Gasteiger partial charge in [0.05, 0.1) is 6.61 Å². The van der Waals surface area contributed by atoms with Crippen molar-refractivity contribution in [3.8, 4) is 16.9 Å². The first-order valence-corrected chi connectivity index (χ1v) is 12.8. The van der Waals surface area contributed by atoms with E-state index in [-0.39, 0.29) is 46.5 Å². The Morgan fingerprint density at radius 2 is 1.38 bits per heavy atom. The van der Waals surface area contributed by atoms with E-state index in [1.807, 2.05) is 42.5 Å². The number of phenols is 1. The first-order valence-electron chi connectivity index (χ1n) is 12.8. The SMILES string of the molecule is COCCN(c1ccccc1[N-]c1ccc(C)cc1)c1ccccc1-c1cc(C)cc(C(C)(C)C)c1O.[CH3-].[CH3-].[Zr+3]. The smallest absolute Gasteiger partial charge is 0.656 e. The number of nitrogens with zero attached hydrogens (tertiary/aromatic N) is 2. The molecule has 0 unspecified atom stereocenters. The van der Waals surface area contributed by atoms with Gasteiger partial charge in [-0.15, -0.1) is 11.4 Å². The quantitative estimate of drug-likeness (QED) is 0.201. The molecule has 4 aromatic carbocycles. The minimum Gasteiger partial charge on any atom is -0.656 e. The molecular formula is C35H43N2O2Zr. The van der Waals surface area contributed by atoms with Crippen LogP contribution in [-0.2, 0) is 36.4 Å². The molecule has 4 aromatic rings. The van der Waals surface area contributed by atoms with Crippen molar-refractivity contribution in [2.45, 2.75) is 40.0 Å². The molecule has 0 atom stereocenters. The van der Waals surface area contributed by atoms with Gasteiger partial charge in [-0.3, -0.25) is 0 Å². The topological polar surface area (TPSA) is 46.8 Å². The molecule has 0 spiro atoms. The van der Waals surface area contributed by atoms with Crippen molar-refractivity contribution in [1.82, 2.24) is 0 Å². The van der Waals surface area contributed by atoms with Gasteiger partial charge < -0.3 is 34.9 Å². The van der Waals surface area contributed by atoms with Crippen LogP contribution in [0.4, 0.5) is 22.7 Å². The summed E-state index contributed by atoms with van der Waals surface area (Å²) < 4.78 is 5.52. The zero-order valence-corrected chi connectivity index (χ0v) is 27.7. The molecular weight excluding hydrogens is 572 g/mol. The van der Waals surface area contributed by atoms with Gasteiger partial charge in [0.15, 0.2) is 0 Å². The van der Waals surface area contributed by atoms with Gasteiger partial charge in [-0.25, -0.2) is 0 Å². The predicted octanol–water partition coefficient (Wildman–Crippen LogP) is 9.99. The Hall–Kier alpha value is -2.88. The van der Waals surface area contributed by atoms with Gasteiger partial charge in [-0.2, -0.15) is 0 Å². The molecule has 5 heteroatoms. The molecule has 4 rings (SSSR count). The molecule has 209 valence electrons. The van der Waals surface area contributed by atoms with Gasteiger partial charge in [0.1, 0.15) is 5.75 Å². The number of aromatic hydroxyl groups is 1. The third-order valence-corrected chi connectivity index (χ3v) is 6.52. The molecule has 0 aliphatic rings. The first-order chi connectivity index (χ1) is 17.7. The summed E-state index contributed by atoms with van der Waals surface area (Å²) in [6.07, 6.45) is 0. The Balaban J connectivity index is 0.00000267. The van der Waals surface area contributed by atoms with Crippen LogP contribution >= 0.6 is 0 Å². The van der Waals surface area contributed by atoms with Crippen molar-refractivity contribution < 1.29 is 36.0 Å². The van der Waals surface area contributed by atoms with E-state index in [0.717, 1.165) is 45.0 Å². The molecule has 0 heterocycles. The average molecular weight is 615 g/mol. The molecule has 0 aliphatic heterocycles. The fraction of sp³-hybridized carbons (Fsp3) is 0.257. The summed E-state index contributed by atoms with van der Waals surface area (Å²) in [7, 11) is 1.72. The number of hydrogen-bond acceptors (Lipinski definition) is 3. The summed E-state index contributed by atoms with van der Waals surface area (Å²) in [5.74, 6) is 0.329. The third-order valence-electron chi connectivity index (χ3n) is 6.52. The number of para-hydroxylation sites is 3. The number of ether oxygens (including phenoxy) is 1. The molecule has 0 saturated heterocycles. The molecule has 0 aliphatic carbocycles. The maximum absolute atomic E-state index is 11.5. The molecule has 0 fully saturated rings. The van der Waals surface area contributed by atoms with Gasteiger partial charge in [-0.1, -0.05) is 93.1 Å². The summed E-state index contributed by atoms with van der Waals surface area (Å²) in [6.45, 7) is 11.7. The Morgan fingerprint density at radius 3 is 2.00 bits per heavy atom. The Labute approximate surface area is 261 Å². The predicted molar refractivity (Wildman–Crippen MR) is 169 cm³/mol. The Bertz CT molecular complexity index is 1360. The fourth-order valence-corrected chi connectivity index (χ4v) is 4.59. The summed E-state index contributed by atoms with van der Waals surface area (Å²) in [5.41, 5.74) is 8.63. The zero-order chi connectivity index (χ0) is 26.6. The van der Waals surface area contributed by atoms with Crippen LogP contribution in [0.3, 0.4) is 0 Å². The van der Waals surface area contributed by atoms with Crippen molar-refractivity contribution in [3.05, 3.63) is 122 Å². The van der Waals surface area contributed by atoms with Gasteiger partial charge in [0.2, 0.25) is 0 Å². The van der Waals surface area contributed by atoms with Crippen molar-refractivity contribution in [3.63, 3.8) is 0 Å². The second kappa shape index (κ2) is 15.2. The zero-order valence-electron chi connectivity index (χ0n) is 25.2. The molecule has 0 saturated carbocycles. The number of methoxy groups -OCH3 is 1. The minimum absolute atomic E-state index is 0. The van der Waals surface area contributed by atoms with Gasteiger partial charge >= 0.3 is 26.2 Å². The van der Waals surface area contributed by atoms with Crippen LogP contribution in [0.5, 0.6) is 5.75 Å². The fourth-order valence-electron chi connectivity index (χ4n) is 4.59. The standard InChI is InChI=1S/C33H37N2O2.2CH3.Zr/c1-23-15-17-25(18-16-23)34-29-12-8-10-14-31(29)35(19-20-37-6)30-13-9-7-11-26(30)27-21-24(2)22-28(32(27)36)33(3,4)5;;;/h7-18,21-22,36H,19-20H2,1-6H3;2*1H3;/q3*-1;+3. The first kappa shape index (κ1) is 35.2. The number of aryl methyl sites for hydroxylation is 2. The second-order valence-electron chi connectivity index (χ2n) is 10.6. The van der Waals surface area contributed by atoms with Crippen LogP contribution in [0, 0.1) is 28.7 Å². The van der Waals surface area contributed by atoms with Crippen molar-refractivity contribution in [2.24, 2.45) is 0 Å². The summed E-state index contributed by atoms with van der Waals surface area (Å²) in [4.78, 5) is 2.24.